The summed E-state index contributed by atoms with van der Waals surface area (Å²) in [5.74, 6) is 2.28. The molecule has 1 nitrogen and oxygen atoms in total. The van der Waals surface area contributed by atoms with Gasteiger partial charge in [0.1, 0.15) is 0 Å². The Kier molecular flexibility index (Phi) is 6.20. The lowest BCUT2D eigenvalue weighted by Gasteiger charge is -2.25. The number of hydrogen-bond acceptors (Lipinski definition) is 1. The van der Waals surface area contributed by atoms with Gasteiger partial charge < -0.3 is 4.90 Å². The van der Waals surface area contributed by atoms with E-state index in [9.17, 15) is 0 Å². The van der Waals surface area contributed by atoms with Gasteiger partial charge in [0, 0.05) is 18.5 Å². The molecule has 2 aromatic rings. The monoisotopic (exact) mass is 381 g/mol. The first-order chi connectivity index (χ1) is 13.2. The third-order valence-electron chi connectivity index (χ3n) is 6.54. The molecule has 4 unspecified atom stereocenters. The molecule has 4 atom stereocenters. The van der Waals surface area contributed by atoms with Crippen LogP contribution in [0.2, 0.25) is 0 Å². The topological polar surface area (TPSA) is 3.24 Å². The van der Waals surface area contributed by atoms with E-state index < -0.39 is 0 Å². The van der Waals surface area contributed by atoms with E-state index in [1.165, 1.54) is 43.4 Å². The number of likely N-dealkylation sites (N-methyl/N-ethyl adjacent to an activating group) is 1. The quantitative estimate of drug-likeness (QED) is 0.514. The van der Waals surface area contributed by atoms with E-state index in [1.54, 1.807) is 5.56 Å². The second kappa shape index (κ2) is 8.80. The Labute approximate surface area is 169 Å². The molecular weight excluding hydrogens is 350 g/mol. The Morgan fingerprint density at radius 1 is 0.926 bits per heavy atom. The van der Waals surface area contributed by atoms with Gasteiger partial charge in [0.05, 0.1) is 0 Å². The molecule has 0 heterocycles. The first kappa shape index (κ1) is 19.0. The molecule has 0 amide bonds. The highest BCUT2D eigenvalue weighted by Gasteiger charge is 2.38. The van der Waals surface area contributed by atoms with Gasteiger partial charge in [-0.15, -0.1) is 11.6 Å². The van der Waals surface area contributed by atoms with Gasteiger partial charge in [0.25, 0.3) is 0 Å². The smallest absolute Gasteiger partial charge is 0.0341 e. The zero-order valence-corrected chi connectivity index (χ0v) is 17.2. The molecule has 2 aliphatic carbocycles. The summed E-state index contributed by atoms with van der Waals surface area (Å²) in [7, 11) is 2.27. The van der Waals surface area contributed by atoms with E-state index in [4.69, 9.17) is 11.6 Å². The van der Waals surface area contributed by atoms with Crippen molar-refractivity contribution in [1.29, 1.82) is 0 Å². The van der Waals surface area contributed by atoms with Gasteiger partial charge in [-0.2, -0.15) is 0 Å². The van der Waals surface area contributed by atoms with Crippen LogP contribution in [0.5, 0.6) is 0 Å². The second-order valence-corrected chi connectivity index (χ2v) is 9.34. The normalized spacial score (nSPS) is 27.7. The van der Waals surface area contributed by atoms with Crippen molar-refractivity contribution in [1.82, 2.24) is 4.90 Å². The van der Waals surface area contributed by atoms with Gasteiger partial charge in [0.15, 0.2) is 0 Å². The number of hydrogen-bond donors (Lipinski definition) is 0. The van der Waals surface area contributed by atoms with Crippen LogP contribution >= 0.6 is 11.6 Å². The minimum absolute atomic E-state index is 0.377. The van der Waals surface area contributed by atoms with E-state index in [-0.39, 0.29) is 0 Å². The third-order valence-corrected chi connectivity index (χ3v) is 6.94. The van der Waals surface area contributed by atoms with E-state index in [0.29, 0.717) is 11.3 Å². The summed E-state index contributed by atoms with van der Waals surface area (Å²) < 4.78 is 0. The first-order valence-electron chi connectivity index (χ1n) is 10.7. The molecule has 2 aliphatic rings. The predicted molar refractivity (Wildman–Crippen MR) is 116 cm³/mol. The van der Waals surface area contributed by atoms with Gasteiger partial charge in [-0.3, -0.25) is 0 Å². The van der Waals surface area contributed by atoms with Crippen LogP contribution in [-0.4, -0.2) is 30.4 Å². The zero-order valence-electron chi connectivity index (χ0n) is 16.5. The largest absolute Gasteiger partial charge is 0.306 e. The minimum Gasteiger partial charge on any atom is -0.306 e. The van der Waals surface area contributed by atoms with Crippen molar-refractivity contribution in [3.63, 3.8) is 0 Å². The number of halogens is 1. The molecule has 0 N–H and O–H groups in total. The average molecular weight is 382 g/mol. The van der Waals surface area contributed by atoms with Crippen molar-refractivity contribution in [2.45, 2.75) is 55.7 Å². The summed E-state index contributed by atoms with van der Waals surface area (Å²) in [6.45, 7) is 2.36. The molecule has 0 bridgehead atoms. The molecule has 4 rings (SSSR count). The van der Waals surface area contributed by atoms with Crippen LogP contribution in [0.4, 0.5) is 0 Å². The number of alkyl halides is 1. The molecule has 0 aromatic heterocycles. The van der Waals surface area contributed by atoms with Crippen LogP contribution in [0.3, 0.4) is 0 Å². The number of nitrogens with zero attached hydrogens (tertiary/aromatic N) is 1. The van der Waals surface area contributed by atoms with Crippen LogP contribution in [0.25, 0.3) is 0 Å². The van der Waals surface area contributed by atoms with Crippen LogP contribution in [0, 0.1) is 5.92 Å². The van der Waals surface area contributed by atoms with Gasteiger partial charge in [0.2, 0.25) is 0 Å². The molecule has 2 saturated carbocycles. The molecule has 144 valence electrons. The summed E-state index contributed by atoms with van der Waals surface area (Å²) in [5, 5.41) is 0.377. The fraction of sp³-hybridized carbons (Fsp3) is 0.520. The zero-order chi connectivity index (χ0) is 18.6. The van der Waals surface area contributed by atoms with Crippen molar-refractivity contribution < 1.29 is 0 Å². The molecule has 2 aromatic carbocycles. The van der Waals surface area contributed by atoms with Crippen molar-refractivity contribution in [3.05, 3.63) is 71.3 Å². The summed E-state index contributed by atoms with van der Waals surface area (Å²) in [4.78, 5) is 2.51. The fourth-order valence-electron chi connectivity index (χ4n) is 4.76. The van der Waals surface area contributed by atoms with Crippen LogP contribution in [0.15, 0.2) is 54.6 Å². The third kappa shape index (κ3) is 5.15. The Bertz CT molecular complexity index is 711. The molecule has 27 heavy (non-hydrogen) atoms. The Hall–Kier alpha value is -1.31. The molecule has 2 fully saturated rings. The van der Waals surface area contributed by atoms with E-state index in [1.807, 2.05) is 0 Å². The second-order valence-electron chi connectivity index (χ2n) is 8.73. The van der Waals surface area contributed by atoms with Crippen molar-refractivity contribution >= 4 is 11.6 Å². The number of rotatable bonds is 7. The maximum absolute atomic E-state index is 6.38. The lowest BCUT2D eigenvalue weighted by atomic mass is 9.83. The Morgan fingerprint density at radius 2 is 1.67 bits per heavy atom. The molecule has 0 radical (unpaired) electrons. The Balaban J connectivity index is 1.24. The molecule has 0 aliphatic heterocycles. The van der Waals surface area contributed by atoms with Gasteiger partial charge in [-0.05, 0) is 73.6 Å². The highest BCUT2D eigenvalue weighted by molar-refractivity contribution is 6.20. The van der Waals surface area contributed by atoms with Crippen molar-refractivity contribution in [2.24, 2.45) is 5.92 Å². The maximum Gasteiger partial charge on any atom is 0.0341 e. The van der Waals surface area contributed by atoms with E-state index >= 15 is 0 Å². The molecule has 0 spiro atoms. The lowest BCUT2D eigenvalue weighted by Crippen LogP contribution is -2.24. The van der Waals surface area contributed by atoms with Crippen LogP contribution < -0.4 is 0 Å². The standard InChI is InChI=1S/C25H32ClN/c1-27(15-14-19-6-3-2-4-7-19)18-23-17-25(23)21-12-10-20(11-13-21)22-8-5-9-24(26)16-22/h2-4,6-7,10-13,22-25H,5,8-9,14-18H2,1H3. The van der Waals surface area contributed by atoms with Crippen molar-refractivity contribution in [2.75, 3.05) is 20.1 Å². The van der Waals surface area contributed by atoms with Crippen LogP contribution in [-0.2, 0) is 6.42 Å². The first-order valence-corrected chi connectivity index (χ1v) is 11.1. The number of benzene rings is 2. The average Bonchev–Trinajstić information content (AvgIpc) is 3.46. The highest BCUT2D eigenvalue weighted by Crippen LogP contribution is 2.48. The van der Waals surface area contributed by atoms with E-state index in [2.05, 4.69) is 66.5 Å². The highest BCUT2D eigenvalue weighted by atomic mass is 35.5. The molecule has 0 saturated heterocycles. The summed E-state index contributed by atoms with van der Waals surface area (Å²) >= 11 is 6.38. The predicted octanol–water partition coefficient (Wildman–Crippen LogP) is 6.23. The van der Waals surface area contributed by atoms with Gasteiger partial charge in [-0.1, -0.05) is 61.0 Å². The molecule has 2 heteroatoms. The maximum atomic E-state index is 6.38. The van der Waals surface area contributed by atoms with Crippen LogP contribution in [0.1, 0.15) is 60.6 Å². The summed E-state index contributed by atoms with van der Waals surface area (Å²) in [5.41, 5.74) is 4.48. The molecular formula is C25H32ClN. The summed E-state index contributed by atoms with van der Waals surface area (Å²) in [6, 6.07) is 20.4. The minimum atomic E-state index is 0.377. The van der Waals surface area contributed by atoms with Crippen molar-refractivity contribution in [3.8, 4) is 0 Å². The summed E-state index contributed by atoms with van der Waals surface area (Å²) in [6.07, 6.45) is 7.42. The SMILES string of the molecule is CN(CCc1ccccc1)CC1CC1c1ccc(C2CCCC(Cl)C2)cc1. The Morgan fingerprint density at radius 3 is 2.41 bits per heavy atom. The van der Waals surface area contributed by atoms with Gasteiger partial charge in [-0.25, -0.2) is 0 Å². The fourth-order valence-corrected chi connectivity index (χ4v) is 5.13. The lowest BCUT2D eigenvalue weighted by molar-refractivity contribution is 0.322. The van der Waals surface area contributed by atoms with Gasteiger partial charge >= 0.3 is 0 Å². The van der Waals surface area contributed by atoms with E-state index in [0.717, 1.165) is 31.2 Å².